The molecular formula is C23H28N4OS. The third-order valence-electron chi connectivity index (χ3n) is 8.04. The molecule has 0 aliphatic heterocycles. The van der Waals surface area contributed by atoms with Gasteiger partial charge < -0.3 is 5.32 Å². The second kappa shape index (κ2) is 6.46. The van der Waals surface area contributed by atoms with Gasteiger partial charge in [-0.3, -0.25) is 9.20 Å². The third-order valence-corrected chi connectivity index (χ3v) is 8.96. The number of hydrogen-bond acceptors (Lipinski definition) is 4. The van der Waals surface area contributed by atoms with Gasteiger partial charge in [0.2, 0.25) is 5.91 Å². The van der Waals surface area contributed by atoms with Gasteiger partial charge in [0.05, 0.1) is 11.3 Å². The van der Waals surface area contributed by atoms with Crippen molar-refractivity contribution in [1.82, 2.24) is 19.9 Å². The fourth-order valence-corrected chi connectivity index (χ4v) is 6.52. The number of aryl methyl sites for hydroxylation is 1. The minimum Gasteiger partial charge on any atom is -0.352 e. The molecule has 6 heteroatoms. The van der Waals surface area contributed by atoms with Gasteiger partial charge in [-0.15, -0.1) is 10.2 Å². The Bertz CT molecular complexity index is 1120. The van der Waals surface area contributed by atoms with E-state index in [2.05, 4.69) is 65.8 Å². The van der Waals surface area contributed by atoms with Crippen LogP contribution in [0.25, 0.3) is 16.6 Å². The van der Waals surface area contributed by atoms with E-state index in [9.17, 15) is 4.79 Å². The van der Waals surface area contributed by atoms with Crippen LogP contribution in [-0.4, -0.2) is 32.3 Å². The SMILES string of the molecule is Cc1cc2nnc(SCC(=O)NC3CC4CCC3(C)C4(C)C)n2c2ccccc12. The molecule has 3 unspecified atom stereocenters. The molecule has 2 aliphatic rings. The van der Waals surface area contributed by atoms with Gasteiger partial charge in [0, 0.05) is 11.4 Å². The summed E-state index contributed by atoms with van der Waals surface area (Å²) >= 11 is 1.46. The molecule has 1 amide bonds. The molecule has 29 heavy (non-hydrogen) atoms. The van der Waals surface area contributed by atoms with Crippen molar-refractivity contribution >= 4 is 34.2 Å². The average Bonchev–Trinajstić information content (AvgIpc) is 3.25. The number of carbonyl (C=O) groups excluding carboxylic acids is 1. The van der Waals surface area contributed by atoms with Crippen molar-refractivity contribution in [2.75, 3.05) is 5.75 Å². The number of nitrogens with one attached hydrogen (secondary N) is 1. The second-order valence-electron chi connectivity index (χ2n) is 9.54. The van der Waals surface area contributed by atoms with E-state index in [-0.39, 0.29) is 17.4 Å². The van der Waals surface area contributed by atoms with Crippen LogP contribution in [0.1, 0.15) is 45.6 Å². The Morgan fingerprint density at radius 3 is 2.79 bits per heavy atom. The van der Waals surface area contributed by atoms with Crippen LogP contribution in [0.15, 0.2) is 35.5 Å². The van der Waals surface area contributed by atoms with Crippen LogP contribution in [0.4, 0.5) is 0 Å². The lowest BCUT2D eigenvalue weighted by molar-refractivity contribution is -0.120. The normalized spacial score (nSPS) is 27.7. The molecule has 1 N–H and O–H groups in total. The highest BCUT2D eigenvalue weighted by molar-refractivity contribution is 7.99. The molecule has 5 rings (SSSR count). The smallest absolute Gasteiger partial charge is 0.230 e. The van der Waals surface area contributed by atoms with Gasteiger partial charge in [-0.25, -0.2) is 0 Å². The molecule has 2 saturated carbocycles. The van der Waals surface area contributed by atoms with E-state index in [1.54, 1.807) is 0 Å². The van der Waals surface area contributed by atoms with E-state index < -0.39 is 0 Å². The van der Waals surface area contributed by atoms with Crippen LogP contribution in [0.3, 0.4) is 0 Å². The maximum Gasteiger partial charge on any atom is 0.230 e. The molecule has 2 heterocycles. The highest BCUT2D eigenvalue weighted by atomic mass is 32.2. The molecule has 5 nitrogen and oxygen atoms in total. The quantitative estimate of drug-likeness (QED) is 0.640. The van der Waals surface area contributed by atoms with E-state index in [1.807, 2.05) is 12.1 Å². The first-order valence-corrected chi connectivity index (χ1v) is 11.5. The fraction of sp³-hybridized carbons (Fsp3) is 0.522. The first-order chi connectivity index (χ1) is 13.8. The zero-order valence-electron chi connectivity index (χ0n) is 17.5. The number of carbonyl (C=O) groups is 1. The van der Waals surface area contributed by atoms with E-state index in [0.29, 0.717) is 11.2 Å². The van der Waals surface area contributed by atoms with Crippen molar-refractivity contribution in [2.45, 2.75) is 58.2 Å². The fourth-order valence-electron chi connectivity index (χ4n) is 5.76. The Balaban J connectivity index is 1.34. The van der Waals surface area contributed by atoms with Gasteiger partial charge in [-0.05, 0) is 60.6 Å². The summed E-state index contributed by atoms with van der Waals surface area (Å²) in [6, 6.07) is 10.6. The third kappa shape index (κ3) is 2.71. The molecule has 2 aromatic heterocycles. The molecule has 1 aromatic carbocycles. The number of pyridine rings is 1. The molecule has 0 saturated heterocycles. The van der Waals surface area contributed by atoms with E-state index in [0.717, 1.165) is 28.7 Å². The summed E-state index contributed by atoms with van der Waals surface area (Å²) < 4.78 is 2.06. The van der Waals surface area contributed by atoms with Crippen molar-refractivity contribution in [3.05, 3.63) is 35.9 Å². The summed E-state index contributed by atoms with van der Waals surface area (Å²) in [5.74, 6) is 1.18. The van der Waals surface area contributed by atoms with Crippen LogP contribution < -0.4 is 5.32 Å². The van der Waals surface area contributed by atoms with Crippen LogP contribution in [-0.2, 0) is 4.79 Å². The van der Waals surface area contributed by atoms with E-state index in [4.69, 9.17) is 0 Å². The number of hydrogen-bond donors (Lipinski definition) is 1. The summed E-state index contributed by atoms with van der Waals surface area (Å²) in [5.41, 5.74) is 3.59. The van der Waals surface area contributed by atoms with Crippen molar-refractivity contribution in [3.63, 3.8) is 0 Å². The maximum absolute atomic E-state index is 12.8. The number of thioether (sulfide) groups is 1. The van der Waals surface area contributed by atoms with Crippen LogP contribution in [0, 0.1) is 23.7 Å². The van der Waals surface area contributed by atoms with Gasteiger partial charge >= 0.3 is 0 Å². The molecule has 3 atom stereocenters. The first kappa shape index (κ1) is 18.9. The Labute approximate surface area is 175 Å². The highest BCUT2D eigenvalue weighted by Gasteiger charge is 2.61. The number of fused-ring (bicyclic) bond motifs is 5. The minimum atomic E-state index is 0.0951. The number of para-hydroxylation sites is 1. The maximum atomic E-state index is 12.8. The molecule has 2 aliphatic carbocycles. The van der Waals surface area contributed by atoms with E-state index >= 15 is 0 Å². The van der Waals surface area contributed by atoms with Crippen LogP contribution in [0.5, 0.6) is 0 Å². The molecule has 152 valence electrons. The Morgan fingerprint density at radius 2 is 2.07 bits per heavy atom. The summed E-state index contributed by atoms with van der Waals surface area (Å²) in [6.45, 7) is 9.20. The molecule has 0 radical (unpaired) electrons. The van der Waals surface area contributed by atoms with Gasteiger partial charge in [0.1, 0.15) is 0 Å². The predicted octanol–water partition coefficient (Wildman–Crippen LogP) is 4.61. The second-order valence-corrected chi connectivity index (χ2v) is 10.5. The molecular weight excluding hydrogens is 380 g/mol. The predicted molar refractivity (Wildman–Crippen MR) is 117 cm³/mol. The topological polar surface area (TPSA) is 59.3 Å². The Kier molecular flexibility index (Phi) is 4.21. The van der Waals surface area contributed by atoms with Gasteiger partial charge in [0.15, 0.2) is 10.8 Å². The van der Waals surface area contributed by atoms with Gasteiger partial charge in [0.25, 0.3) is 0 Å². The van der Waals surface area contributed by atoms with E-state index in [1.165, 1.54) is 35.6 Å². The molecule has 2 fully saturated rings. The zero-order valence-corrected chi connectivity index (χ0v) is 18.3. The number of aromatic nitrogens is 3. The monoisotopic (exact) mass is 408 g/mol. The lowest BCUT2D eigenvalue weighted by atomic mass is 9.69. The summed E-state index contributed by atoms with van der Waals surface area (Å²) in [4.78, 5) is 12.8. The molecule has 3 aromatic rings. The Morgan fingerprint density at radius 1 is 1.28 bits per heavy atom. The first-order valence-electron chi connectivity index (χ1n) is 10.5. The highest BCUT2D eigenvalue weighted by Crippen LogP contribution is 2.65. The largest absolute Gasteiger partial charge is 0.352 e. The van der Waals surface area contributed by atoms with Gasteiger partial charge in [-0.2, -0.15) is 0 Å². The van der Waals surface area contributed by atoms with Gasteiger partial charge in [-0.1, -0.05) is 50.7 Å². The number of amides is 1. The van der Waals surface area contributed by atoms with Crippen LogP contribution >= 0.6 is 11.8 Å². The standard InChI is InChI=1S/C23H28N4OS/c1-14-11-19-25-26-21(27(19)17-8-6-5-7-16(14)17)29-13-20(28)24-18-12-15-9-10-23(18,4)22(15,2)3/h5-8,11,15,18H,9-10,12-13H2,1-4H3,(H,24,28). The lowest BCUT2D eigenvalue weighted by Crippen LogP contribution is -2.47. The summed E-state index contributed by atoms with van der Waals surface area (Å²) in [6.07, 6.45) is 3.61. The number of benzene rings is 1. The number of nitrogens with zero attached hydrogens (tertiary/aromatic N) is 3. The average molecular weight is 409 g/mol. The molecule has 2 bridgehead atoms. The van der Waals surface area contributed by atoms with Crippen molar-refractivity contribution in [2.24, 2.45) is 16.7 Å². The zero-order chi connectivity index (χ0) is 20.4. The van der Waals surface area contributed by atoms with Crippen molar-refractivity contribution < 1.29 is 4.79 Å². The Hall–Kier alpha value is -2.08. The molecule has 0 spiro atoms. The van der Waals surface area contributed by atoms with Crippen molar-refractivity contribution in [3.8, 4) is 0 Å². The minimum absolute atomic E-state index is 0.0951. The number of rotatable bonds is 4. The summed E-state index contributed by atoms with van der Waals surface area (Å²) in [7, 11) is 0. The lowest BCUT2D eigenvalue weighted by Gasteiger charge is -2.39. The van der Waals surface area contributed by atoms with Crippen LogP contribution in [0.2, 0.25) is 0 Å². The van der Waals surface area contributed by atoms with Crippen molar-refractivity contribution in [1.29, 1.82) is 0 Å². The summed E-state index contributed by atoms with van der Waals surface area (Å²) in [5, 5.41) is 14.0.